The van der Waals surface area contributed by atoms with Crippen molar-refractivity contribution in [1.29, 1.82) is 0 Å². The Bertz CT molecular complexity index is 499. The Labute approximate surface area is 136 Å². The summed E-state index contributed by atoms with van der Waals surface area (Å²) in [6, 6.07) is 0. The Morgan fingerprint density at radius 3 is 2.95 bits per heavy atom. The average molecular weight is 323 g/mol. The lowest BCUT2D eigenvalue weighted by Crippen LogP contribution is -2.42. The molecule has 2 saturated heterocycles. The Kier molecular flexibility index (Phi) is 5.44. The van der Waals surface area contributed by atoms with Crippen LogP contribution < -0.4 is 0 Å². The second kappa shape index (κ2) is 7.53. The zero-order chi connectivity index (χ0) is 15.4. The van der Waals surface area contributed by atoms with E-state index in [4.69, 9.17) is 4.74 Å². The van der Waals surface area contributed by atoms with E-state index in [1.807, 2.05) is 11.1 Å². The molecule has 22 heavy (non-hydrogen) atoms. The van der Waals surface area contributed by atoms with Crippen LogP contribution in [-0.2, 0) is 9.53 Å². The van der Waals surface area contributed by atoms with Crippen molar-refractivity contribution in [3.8, 4) is 0 Å². The third kappa shape index (κ3) is 4.06. The lowest BCUT2D eigenvalue weighted by molar-refractivity contribution is -0.133. The molecule has 0 radical (unpaired) electrons. The number of rotatable bonds is 4. The molecule has 6 heteroatoms. The van der Waals surface area contributed by atoms with E-state index in [9.17, 15) is 4.79 Å². The van der Waals surface area contributed by atoms with Crippen LogP contribution in [0.2, 0.25) is 0 Å². The quantitative estimate of drug-likeness (QED) is 0.849. The summed E-state index contributed by atoms with van der Waals surface area (Å²) < 4.78 is 5.35. The van der Waals surface area contributed by atoms with Crippen LogP contribution in [0.4, 0.5) is 0 Å². The summed E-state index contributed by atoms with van der Waals surface area (Å²) in [6.45, 7) is 8.20. The van der Waals surface area contributed by atoms with E-state index in [2.05, 4.69) is 16.8 Å². The first kappa shape index (κ1) is 15.9. The first-order valence-corrected chi connectivity index (χ1v) is 9.04. The summed E-state index contributed by atoms with van der Waals surface area (Å²) in [6.07, 6.45) is 4.82. The van der Waals surface area contributed by atoms with Crippen molar-refractivity contribution in [2.45, 2.75) is 32.1 Å². The van der Waals surface area contributed by atoms with Gasteiger partial charge < -0.3 is 9.64 Å². The van der Waals surface area contributed by atoms with E-state index in [1.165, 1.54) is 9.88 Å². The van der Waals surface area contributed by atoms with Crippen LogP contribution in [0.25, 0.3) is 0 Å². The fourth-order valence-electron chi connectivity index (χ4n) is 3.20. The minimum atomic E-state index is 0.296. The number of aryl methyl sites for hydroxylation is 1. The normalized spacial score (nSPS) is 23.7. The van der Waals surface area contributed by atoms with Gasteiger partial charge in [0.1, 0.15) is 0 Å². The predicted molar refractivity (Wildman–Crippen MR) is 87.3 cm³/mol. The van der Waals surface area contributed by atoms with Gasteiger partial charge in [-0.1, -0.05) is 0 Å². The Morgan fingerprint density at radius 2 is 2.23 bits per heavy atom. The minimum Gasteiger partial charge on any atom is -0.379 e. The Hall–Kier alpha value is -0.980. The maximum Gasteiger partial charge on any atom is 0.223 e. The monoisotopic (exact) mass is 323 g/mol. The smallest absolute Gasteiger partial charge is 0.223 e. The SMILES string of the molecule is Cc1cnc(C2CCCN(C(=O)CCN3CCOCC3)C2)s1. The summed E-state index contributed by atoms with van der Waals surface area (Å²) >= 11 is 1.77. The molecule has 5 nitrogen and oxygen atoms in total. The number of carbonyl (C=O) groups excluding carboxylic acids is 1. The molecular weight excluding hydrogens is 298 g/mol. The van der Waals surface area contributed by atoms with Gasteiger partial charge in [0, 0.05) is 56.1 Å². The molecule has 0 bridgehead atoms. The fourth-order valence-corrected chi connectivity index (χ4v) is 4.10. The molecule has 0 spiro atoms. The zero-order valence-corrected chi connectivity index (χ0v) is 14.1. The lowest BCUT2D eigenvalue weighted by Gasteiger charge is -2.33. The molecule has 1 amide bonds. The van der Waals surface area contributed by atoms with E-state index in [0.717, 1.165) is 58.8 Å². The number of ether oxygens (including phenoxy) is 1. The van der Waals surface area contributed by atoms with Gasteiger partial charge in [-0.15, -0.1) is 11.3 Å². The number of amides is 1. The van der Waals surface area contributed by atoms with Crippen LogP contribution in [-0.4, -0.2) is 66.6 Å². The molecule has 0 N–H and O–H groups in total. The van der Waals surface area contributed by atoms with Gasteiger partial charge in [-0.05, 0) is 19.8 Å². The van der Waals surface area contributed by atoms with Crippen LogP contribution in [0.5, 0.6) is 0 Å². The number of hydrogen-bond acceptors (Lipinski definition) is 5. The second-order valence-corrected chi connectivity index (χ2v) is 7.46. The Morgan fingerprint density at radius 1 is 1.41 bits per heavy atom. The fraction of sp³-hybridized carbons (Fsp3) is 0.750. The van der Waals surface area contributed by atoms with Gasteiger partial charge in [0.2, 0.25) is 5.91 Å². The van der Waals surface area contributed by atoms with Crippen molar-refractivity contribution in [2.75, 3.05) is 45.9 Å². The average Bonchev–Trinajstić information content (AvgIpc) is 3.00. The first-order valence-electron chi connectivity index (χ1n) is 8.22. The van der Waals surface area contributed by atoms with Crippen LogP contribution >= 0.6 is 11.3 Å². The molecule has 3 heterocycles. The summed E-state index contributed by atoms with van der Waals surface area (Å²) in [7, 11) is 0. The highest BCUT2D eigenvalue weighted by Gasteiger charge is 2.26. The minimum absolute atomic E-state index is 0.296. The number of nitrogens with zero attached hydrogens (tertiary/aromatic N) is 3. The van der Waals surface area contributed by atoms with E-state index < -0.39 is 0 Å². The zero-order valence-electron chi connectivity index (χ0n) is 13.3. The molecular formula is C16H25N3O2S. The van der Waals surface area contributed by atoms with Gasteiger partial charge in [-0.3, -0.25) is 9.69 Å². The van der Waals surface area contributed by atoms with Gasteiger partial charge in [0.25, 0.3) is 0 Å². The summed E-state index contributed by atoms with van der Waals surface area (Å²) in [5.41, 5.74) is 0. The summed E-state index contributed by atoms with van der Waals surface area (Å²) in [5, 5.41) is 1.20. The topological polar surface area (TPSA) is 45.7 Å². The molecule has 2 fully saturated rings. The van der Waals surface area contributed by atoms with Crippen molar-refractivity contribution in [3.05, 3.63) is 16.1 Å². The lowest BCUT2D eigenvalue weighted by atomic mass is 9.98. The Balaban J connectivity index is 1.49. The molecule has 1 atom stereocenters. The van der Waals surface area contributed by atoms with Crippen molar-refractivity contribution in [2.24, 2.45) is 0 Å². The standard InChI is InChI=1S/C16H25N3O2S/c1-13-11-17-16(22-13)14-3-2-5-19(12-14)15(20)4-6-18-7-9-21-10-8-18/h11,14H,2-10,12H2,1H3. The maximum atomic E-state index is 12.5. The van der Waals surface area contributed by atoms with Crippen molar-refractivity contribution in [3.63, 3.8) is 0 Å². The van der Waals surface area contributed by atoms with E-state index >= 15 is 0 Å². The molecule has 1 unspecified atom stereocenters. The molecule has 1 aromatic heterocycles. The van der Waals surface area contributed by atoms with E-state index in [1.54, 1.807) is 11.3 Å². The number of piperidine rings is 1. The summed E-state index contributed by atoms with van der Waals surface area (Å²) in [5.74, 6) is 0.726. The highest BCUT2D eigenvalue weighted by atomic mass is 32.1. The van der Waals surface area contributed by atoms with Crippen molar-refractivity contribution in [1.82, 2.24) is 14.8 Å². The number of carbonyl (C=O) groups is 1. The third-order valence-electron chi connectivity index (χ3n) is 4.51. The molecule has 0 saturated carbocycles. The van der Waals surface area contributed by atoms with Gasteiger partial charge in [-0.2, -0.15) is 0 Å². The van der Waals surface area contributed by atoms with Crippen molar-refractivity contribution < 1.29 is 9.53 Å². The van der Waals surface area contributed by atoms with Gasteiger partial charge in [0.05, 0.1) is 18.2 Å². The van der Waals surface area contributed by atoms with Crippen LogP contribution in [0.15, 0.2) is 6.20 Å². The molecule has 0 aromatic carbocycles. The molecule has 1 aromatic rings. The number of morpholine rings is 1. The van der Waals surface area contributed by atoms with Crippen molar-refractivity contribution >= 4 is 17.2 Å². The van der Waals surface area contributed by atoms with Crippen LogP contribution in [0.1, 0.15) is 35.1 Å². The highest BCUT2D eigenvalue weighted by molar-refractivity contribution is 7.11. The first-order chi connectivity index (χ1) is 10.7. The predicted octanol–water partition coefficient (Wildman–Crippen LogP) is 1.88. The van der Waals surface area contributed by atoms with E-state index in [-0.39, 0.29) is 0 Å². The van der Waals surface area contributed by atoms with E-state index in [0.29, 0.717) is 18.2 Å². The number of thiazole rings is 1. The number of likely N-dealkylation sites (tertiary alicyclic amines) is 1. The molecule has 2 aliphatic heterocycles. The maximum absolute atomic E-state index is 12.5. The number of hydrogen-bond donors (Lipinski definition) is 0. The van der Waals surface area contributed by atoms with Crippen LogP contribution in [0.3, 0.4) is 0 Å². The van der Waals surface area contributed by atoms with Gasteiger partial charge >= 0.3 is 0 Å². The van der Waals surface area contributed by atoms with Crippen LogP contribution in [0, 0.1) is 6.92 Å². The van der Waals surface area contributed by atoms with Gasteiger partial charge in [-0.25, -0.2) is 4.98 Å². The third-order valence-corrected chi connectivity index (χ3v) is 5.58. The molecule has 122 valence electrons. The number of aromatic nitrogens is 1. The molecule has 2 aliphatic rings. The second-order valence-electron chi connectivity index (χ2n) is 6.19. The van der Waals surface area contributed by atoms with Gasteiger partial charge in [0.15, 0.2) is 0 Å². The largest absolute Gasteiger partial charge is 0.379 e. The molecule has 3 rings (SSSR count). The summed E-state index contributed by atoms with van der Waals surface area (Å²) in [4.78, 5) is 22.6. The molecule has 0 aliphatic carbocycles. The highest BCUT2D eigenvalue weighted by Crippen LogP contribution is 2.29.